The molecule has 2 aromatic rings. The number of rotatable bonds is 5. The molecule has 0 saturated heterocycles. The average molecular weight is 484 g/mol. The largest absolute Gasteiger partial charge is 0.356 e. The number of guanidine groups is 1. The normalized spacial score (nSPS) is 17.6. The molecule has 1 aromatic carbocycles. The Morgan fingerprint density at radius 1 is 1.26 bits per heavy atom. The fourth-order valence-electron chi connectivity index (χ4n) is 3.67. The second kappa shape index (κ2) is 8.53. The van der Waals surface area contributed by atoms with Crippen molar-refractivity contribution in [2.75, 3.05) is 13.6 Å². The molecule has 146 valence electrons. The van der Waals surface area contributed by atoms with Crippen LogP contribution in [0.1, 0.15) is 42.9 Å². The topological polar surface area (TPSA) is 67.1 Å². The molecule has 1 fully saturated rings. The molecule has 0 spiro atoms. The lowest BCUT2D eigenvalue weighted by atomic mass is 9.96. The summed E-state index contributed by atoms with van der Waals surface area (Å²) in [5, 5.41) is 15.3. The summed E-state index contributed by atoms with van der Waals surface area (Å²) in [7, 11) is 1.76. The zero-order chi connectivity index (χ0) is 18.0. The highest BCUT2D eigenvalue weighted by molar-refractivity contribution is 14.0. The molecule has 0 bridgehead atoms. The number of hydrogen-bond donors (Lipinski definition) is 2. The number of halogens is 2. The molecule has 0 radical (unpaired) electrons. The van der Waals surface area contributed by atoms with E-state index in [9.17, 15) is 4.39 Å². The van der Waals surface area contributed by atoms with Gasteiger partial charge in [0.15, 0.2) is 11.8 Å². The molecular formula is C19H26FIN6. The first-order valence-corrected chi connectivity index (χ1v) is 9.32. The predicted octanol–water partition coefficient (Wildman–Crippen LogP) is 2.77. The van der Waals surface area contributed by atoms with E-state index in [-0.39, 0.29) is 35.2 Å². The standard InChI is InChI=1S/C19H25FN6.HI/c1-21-18(22-12-17-25-24-16-7-2-3-10-26(16)17)23-13-19(8-9-19)14-5-4-6-15(20)11-14;/h4-6,11H,2-3,7-10,12-13H2,1H3,(H2,21,22,23);1H. The molecule has 6 nitrogen and oxygen atoms in total. The number of fused-ring (bicyclic) bond motifs is 1. The van der Waals surface area contributed by atoms with Crippen LogP contribution in [0.25, 0.3) is 0 Å². The van der Waals surface area contributed by atoms with Crippen molar-refractivity contribution in [2.45, 2.75) is 50.6 Å². The summed E-state index contributed by atoms with van der Waals surface area (Å²) in [6, 6.07) is 6.93. The van der Waals surface area contributed by atoms with Gasteiger partial charge in [0.1, 0.15) is 11.6 Å². The van der Waals surface area contributed by atoms with Crippen LogP contribution >= 0.6 is 24.0 Å². The molecule has 2 N–H and O–H groups in total. The van der Waals surface area contributed by atoms with Gasteiger partial charge in [0.25, 0.3) is 0 Å². The van der Waals surface area contributed by atoms with Crippen LogP contribution < -0.4 is 10.6 Å². The van der Waals surface area contributed by atoms with Gasteiger partial charge >= 0.3 is 0 Å². The lowest BCUT2D eigenvalue weighted by Gasteiger charge is -2.19. The number of aryl methyl sites for hydroxylation is 1. The van der Waals surface area contributed by atoms with Gasteiger partial charge in [-0.05, 0) is 43.4 Å². The van der Waals surface area contributed by atoms with Crippen LogP contribution in [0.15, 0.2) is 29.3 Å². The number of nitrogens with one attached hydrogen (secondary N) is 2. The molecule has 0 amide bonds. The van der Waals surface area contributed by atoms with Crippen molar-refractivity contribution in [3.63, 3.8) is 0 Å². The van der Waals surface area contributed by atoms with Crippen LogP contribution in [0.4, 0.5) is 4.39 Å². The summed E-state index contributed by atoms with van der Waals surface area (Å²) < 4.78 is 15.7. The first-order valence-electron chi connectivity index (χ1n) is 9.32. The van der Waals surface area contributed by atoms with E-state index in [0.717, 1.165) is 55.5 Å². The van der Waals surface area contributed by atoms with E-state index in [1.807, 2.05) is 6.07 Å². The molecule has 1 saturated carbocycles. The molecule has 27 heavy (non-hydrogen) atoms. The summed E-state index contributed by atoms with van der Waals surface area (Å²) in [6.07, 6.45) is 5.52. The van der Waals surface area contributed by atoms with Gasteiger partial charge in [0.05, 0.1) is 6.54 Å². The van der Waals surface area contributed by atoms with Gasteiger partial charge in [-0.15, -0.1) is 34.2 Å². The molecule has 8 heteroatoms. The Morgan fingerprint density at radius 3 is 2.85 bits per heavy atom. The maximum Gasteiger partial charge on any atom is 0.191 e. The third kappa shape index (κ3) is 4.41. The Balaban J connectivity index is 0.00000210. The van der Waals surface area contributed by atoms with Gasteiger partial charge in [0.2, 0.25) is 0 Å². The second-order valence-corrected chi connectivity index (χ2v) is 7.21. The average Bonchev–Trinajstić information content (AvgIpc) is 3.35. The van der Waals surface area contributed by atoms with Crippen LogP contribution in [0, 0.1) is 5.82 Å². The lowest BCUT2D eigenvalue weighted by Crippen LogP contribution is -2.41. The highest BCUT2D eigenvalue weighted by atomic mass is 127. The number of aliphatic imine (C=N–C) groups is 1. The number of hydrogen-bond acceptors (Lipinski definition) is 3. The summed E-state index contributed by atoms with van der Waals surface area (Å²) in [4.78, 5) is 4.30. The summed E-state index contributed by atoms with van der Waals surface area (Å²) in [6.45, 7) is 2.34. The Hall–Kier alpha value is -1.71. The smallest absolute Gasteiger partial charge is 0.191 e. The third-order valence-corrected chi connectivity index (χ3v) is 5.46. The highest BCUT2D eigenvalue weighted by Gasteiger charge is 2.44. The van der Waals surface area contributed by atoms with Crippen LogP contribution in [0.3, 0.4) is 0 Å². The molecule has 2 aliphatic rings. The first-order chi connectivity index (χ1) is 12.7. The molecule has 4 rings (SSSR count). The molecule has 1 aliphatic carbocycles. The highest BCUT2D eigenvalue weighted by Crippen LogP contribution is 2.47. The number of benzene rings is 1. The Kier molecular flexibility index (Phi) is 6.33. The lowest BCUT2D eigenvalue weighted by molar-refractivity contribution is 0.504. The monoisotopic (exact) mass is 484 g/mol. The van der Waals surface area contributed by atoms with Gasteiger partial charge in [-0.2, -0.15) is 0 Å². The molecule has 0 atom stereocenters. The minimum Gasteiger partial charge on any atom is -0.356 e. The molecule has 1 aromatic heterocycles. The number of aromatic nitrogens is 3. The van der Waals surface area contributed by atoms with Crippen molar-refractivity contribution in [1.82, 2.24) is 25.4 Å². The van der Waals surface area contributed by atoms with Crippen molar-refractivity contribution in [2.24, 2.45) is 4.99 Å². The number of nitrogens with zero attached hydrogens (tertiary/aromatic N) is 4. The summed E-state index contributed by atoms with van der Waals surface area (Å²) >= 11 is 0. The van der Waals surface area contributed by atoms with E-state index >= 15 is 0 Å². The second-order valence-electron chi connectivity index (χ2n) is 7.21. The Labute approximate surface area is 176 Å². The summed E-state index contributed by atoms with van der Waals surface area (Å²) in [5.74, 6) is 2.60. The van der Waals surface area contributed by atoms with Gasteiger partial charge in [-0.3, -0.25) is 4.99 Å². The predicted molar refractivity (Wildman–Crippen MR) is 114 cm³/mol. The minimum atomic E-state index is -0.173. The van der Waals surface area contributed by atoms with Crippen molar-refractivity contribution in [1.29, 1.82) is 0 Å². The zero-order valence-corrected chi connectivity index (χ0v) is 17.9. The van der Waals surface area contributed by atoms with Crippen molar-refractivity contribution in [3.8, 4) is 0 Å². The van der Waals surface area contributed by atoms with Gasteiger partial charge in [0, 0.05) is 32.0 Å². The van der Waals surface area contributed by atoms with E-state index in [1.165, 1.54) is 18.9 Å². The molecule has 1 aliphatic heterocycles. The van der Waals surface area contributed by atoms with E-state index in [0.29, 0.717) is 6.54 Å². The maximum absolute atomic E-state index is 13.5. The van der Waals surface area contributed by atoms with Crippen LogP contribution in [-0.4, -0.2) is 34.3 Å². The van der Waals surface area contributed by atoms with E-state index in [4.69, 9.17) is 0 Å². The first kappa shape index (κ1) is 20.0. The fraction of sp³-hybridized carbons (Fsp3) is 0.526. The SMILES string of the molecule is CN=C(NCc1nnc2n1CCCC2)NCC1(c2cccc(F)c2)CC1.I. The molecule has 2 heterocycles. The van der Waals surface area contributed by atoms with Gasteiger partial charge in [-0.25, -0.2) is 4.39 Å². The van der Waals surface area contributed by atoms with E-state index in [1.54, 1.807) is 19.2 Å². The van der Waals surface area contributed by atoms with Crippen molar-refractivity contribution < 1.29 is 4.39 Å². The molecular weight excluding hydrogens is 458 g/mol. The minimum absolute atomic E-state index is 0. The quantitative estimate of drug-likeness (QED) is 0.389. The van der Waals surface area contributed by atoms with E-state index < -0.39 is 0 Å². The van der Waals surface area contributed by atoms with Crippen LogP contribution in [-0.2, 0) is 24.9 Å². The van der Waals surface area contributed by atoms with Crippen LogP contribution in [0.5, 0.6) is 0 Å². The van der Waals surface area contributed by atoms with Crippen molar-refractivity contribution in [3.05, 3.63) is 47.3 Å². The zero-order valence-electron chi connectivity index (χ0n) is 15.5. The summed E-state index contributed by atoms with van der Waals surface area (Å²) in [5.41, 5.74) is 1.08. The molecule has 0 unspecified atom stereocenters. The Bertz CT molecular complexity index is 814. The Morgan fingerprint density at radius 2 is 2.11 bits per heavy atom. The van der Waals surface area contributed by atoms with E-state index in [2.05, 4.69) is 30.4 Å². The van der Waals surface area contributed by atoms with Gasteiger partial charge < -0.3 is 15.2 Å². The maximum atomic E-state index is 13.5. The van der Waals surface area contributed by atoms with Gasteiger partial charge in [-0.1, -0.05) is 12.1 Å². The van der Waals surface area contributed by atoms with Crippen molar-refractivity contribution >= 4 is 29.9 Å². The third-order valence-electron chi connectivity index (χ3n) is 5.46. The van der Waals surface area contributed by atoms with Crippen LogP contribution in [0.2, 0.25) is 0 Å². The fourth-order valence-corrected chi connectivity index (χ4v) is 3.67.